The normalized spacial score (nSPS) is 10.6. The Kier molecular flexibility index (Phi) is 4.06. The molecule has 0 radical (unpaired) electrons. The maximum Gasteiger partial charge on any atom is 0.321 e. The van der Waals surface area contributed by atoms with Crippen LogP contribution in [0.1, 0.15) is 10.6 Å². The number of aryl methyl sites for hydroxylation is 1. The van der Waals surface area contributed by atoms with E-state index in [2.05, 4.69) is 10.3 Å². The van der Waals surface area contributed by atoms with E-state index in [1.54, 1.807) is 23.3 Å². The van der Waals surface area contributed by atoms with Gasteiger partial charge in [0.05, 0.1) is 16.8 Å². The van der Waals surface area contributed by atoms with Crippen LogP contribution < -0.4 is 5.32 Å². The van der Waals surface area contributed by atoms with E-state index >= 15 is 0 Å². The number of aromatic nitrogens is 1. The van der Waals surface area contributed by atoms with E-state index in [-0.39, 0.29) is 6.03 Å². The number of anilines is 1. The number of para-hydroxylation sites is 1. The fourth-order valence-corrected chi connectivity index (χ4v) is 3.14. The molecule has 3 aromatic rings. The Hall–Kier alpha value is -2.40. The number of rotatable bonds is 3. The number of hydrogen-bond donors (Lipinski definition) is 1. The van der Waals surface area contributed by atoms with E-state index in [9.17, 15) is 4.79 Å². The maximum atomic E-state index is 12.2. The summed E-state index contributed by atoms with van der Waals surface area (Å²) in [5.41, 5.74) is 2.95. The zero-order valence-electron chi connectivity index (χ0n) is 12.5. The van der Waals surface area contributed by atoms with E-state index in [4.69, 9.17) is 0 Å². The van der Waals surface area contributed by atoms with Crippen LogP contribution in [0.15, 0.2) is 48.5 Å². The van der Waals surface area contributed by atoms with Gasteiger partial charge in [-0.1, -0.05) is 29.8 Å². The minimum atomic E-state index is -0.136. The van der Waals surface area contributed by atoms with Crippen LogP contribution in [-0.2, 0) is 6.54 Å². The molecule has 3 rings (SSSR count). The van der Waals surface area contributed by atoms with Crippen LogP contribution in [-0.4, -0.2) is 23.0 Å². The molecular formula is C17H17N3OS. The molecule has 1 aromatic heterocycles. The number of carbonyl (C=O) groups excluding carboxylic acids is 1. The van der Waals surface area contributed by atoms with Gasteiger partial charge in [0, 0.05) is 12.7 Å². The molecule has 0 saturated heterocycles. The first-order valence-electron chi connectivity index (χ1n) is 7.05. The van der Waals surface area contributed by atoms with E-state index in [1.807, 2.05) is 55.5 Å². The molecule has 112 valence electrons. The number of urea groups is 1. The Morgan fingerprint density at radius 3 is 2.64 bits per heavy atom. The summed E-state index contributed by atoms with van der Waals surface area (Å²) in [5, 5.41) is 3.82. The Labute approximate surface area is 133 Å². The van der Waals surface area contributed by atoms with Crippen LogP contribution >= 0.6 is 11.3 Å². The summed E-state index contributed by atoms with van der Waals surface area (Å²) in [6, 6.07) is 15.6. The van der Waals surface area contributed by atoms with Gasteiger partial charge in [0.25, 0.3) is 0 Å². The second-order valence-corrected chi connectivity index (χ2v) is 6.34. The van der Waals surface area contributed by atoms with Gasteiger partial charge < -0.3 is 10.2 Å². The Bertz CT molecular complexity index is 762. The number of benzene rings is 2. The molecule has 2 amide bonds. The molecule has 0 aliphatic rings. The van der Waals surface area contributed by atoms with Crippen LogP contribution in [0.3, 0.4) is 0 Å². The minimum absolute atomic E-state index is 0.136. The maximum absolute atomic E-state index is 12.2. The molecule has 0 saturated carbocycles. The van der Waals surface area contributed by atoms with Gasteiger partial charge in [0.15, 0.2) is 0 Å². The Morgan fingerprint density at radius 2 is 1.91 bits per heavy atom. The highest BCUT2D eigenvalue weighted by atomic mass is 32.1. The van der Waals surface area contributed by atoms with Crippen molar-refractivity contribution in [2.24, 2.45) is 0 Å². The predicted molar refractivity (Wildman–Crippen MR) is 91.3 cm³/mol. The fraction of sp³-hybridized carbons (Fsp3) is 0.176. The first-order chi connectivity index (χ1) is 10.6. The number of nitrogens with one attached hydrogen (secondary N) is 1. The van der Waals surface area contributed by atoms with Gasteiger partial charge in [-0.3, -0.25) is 0 Å². The number of thiazole rings is 1. The second kappa shape index (κ2) is 6.15. The topological polar surface area (TPSA) is 45.2 Å². The van der Waals surface area contributed by atoms with Crippen LogP contribution in [0.5, 0.6) is 0 Å². The van der Waals surface area contributed by atoms with Gasteiger partial charge in [-0.2, -0.15) is 0 Å². The van der Waals surface area contributed by atoms with Crippen LogP contribution in [0.4, 0.5) is 10.5 Å². The van der Waals surface area contributed by atoms with Crippen molar-refractivity contribution in [1.29, 1.82) is 0 Å². The standard InChI is InChI=1S/C17H17N3OS/c1-12-7-9-13(10-8-12)18-17(21)20(2)11-16-19-14-5-3-4-6-15(14)22-16/h3-10H,11H2,1-2H3,(H,18,21). The number of nitrogens with zero attached hydrogens (tertiary/aromatic N) is 2. The highest BCUT2D eigenvalue weighted by Gasteiger charge is 2.12. The summed E-state index contributed by atoms with van der Waals surface area (Å²) in [6.45, 7) is 2.52. The molecule has 1 N–H and O–H groups in total. The number of fused-ring (bicyclic) bond motifs is 1. The number of carbonyl (C=O) groups is 1. The lowest BCUT2D eigenvalue weighted by Crippen LogP contribution is -2.30. The average Bonchev–Trinajstić information content (AvgIpc) is 2.91. The third-order valence-electron chi connectivity index (χ3n) is 3.36. The average molecular weight is 311 g/mol. The first-order valence-corrected chi connectivity index (χ1v) is 7.87. The van der Waals surface area contributed by atoms with Gasteiger partial charge in [-0.25, -0.2) is 9.78 Å². The molecule has 2 aromatic carbocycles. The SMILES string of the molecule is Cc1ccc(NC(=O)N(C)Cc2nc3ccccc3s2)cc1. The van der Waals surface area contributed by atoms with Gasteiger partial charge in [0.2, 0.25) is 0 Å². The zero-order chi connectivity index (χ0) is 15.5. The lowest BCUT2D eigenvalue weighted by atomic mass is 10.2. The van der Waals surface area contributed by atoms with Crippen molar-refractivity contribution in [3.8, 4) is 0 Å². The molecule has 0 fully saturated rings. The summed E-state index contributed by atoms with van der Waals surface area (Å²) in [5.74, 6) is 0. The molecule has 5 heteroatoms. The molecule has 22 heavy (non-hydrogen) atoms. The van der Waals surface area contributed by atoms with E-state index in [1.165, 1.54) is 5.56 Å². The smallest absolute Gasteiger partial charge is 0.321 e. The highest BCUT2D eigenvalue weighted by molar-refractivity contribution is 7.18. The second-order valence-electron chi connectivity index (χ2n) is 5.23. The minimum Gasteiger partial charge on any atom is -0.321 e. The summed E-state index contributed by atoms with van der Waals surface area (Å²) in [6.07, 6.45) is 0. The molecule has 0 atom stereocenters. The molecule has 0 aliphatic carbocycles. The number of hydrogen-bond acceptors (Lipinski definition) is 3. The highest BCUT2D eigenvalue weighted by Crippen LogP contribution is 2.22. The van der Waals surface area contributed by atoms with Crippen molar-refractivity contribution in [1.82, 2.24) is 9.88 Å². The Balaban J connectivity index is 1.66. The van der Waals surface area contributed by atoms with Crippen molar-refractivity contribution < 1.29 is 4.79 Å². The van der Waals surface area contributed by atoms with E-state index in [0.29, 0.717) is 6.54 Å². The quantitative estimate of drug-likeness (QED) is 0.785. The van der Waals surface area contributed by atoms with Gasteiger partial charge >= 0.3 is 6.03 Å². The van der Waals surface area contributed by atoms with Crippen molar-refractivity contribution in [3.63, 3.8) is 0 Å². The summed E-state index contributed by atoms with van der Waals surface area (Å²) < 4.78 is 1.14. The van der Waals surface area contributed by atoms with Gasteiger partial charge in [0.1, 0.15) is 5.01 Å². The van der Waals surface area contributed by atoms with Crippen molar-refractivity contribution in [2.75, 3.05) is 12.4 Å². The molecule has 0 bridgehead atoms. The van der Waals surface area contributed by atoms with Crippen LogP contribution in [0, 0.1) is 6.92 Å². The largest absolute Gasteiger partial charge is 0.321 e. The van der Waals surface area contributed by atoms with Crippen molar-refractivity contribution >= 4 is 33.3 Å². The van der Waals surface area contributed by atoms with Crippen LogP contribution in [0.2, 0.25) is 0 Å². The summed E-state index contributed by atoms with van der Waals surface area (Å²) in [7, 11) is 1.77. The molecule has 0 spiro atoms. The van der Waals surface area contributed by atoms with Crippen LogP contribution in [0.25, 0.3) is 10.2 Å². The molecule has 0 unspecified atom stereocenters. The number of amides is 2. The fourth-order valence-electron chi connectivity index (χ4n) is 2.12. The molecular weight excluding hydrogens is 294 g/mol. The van der Waals surface area contributed by atoms with E-state index < -0.39 is 0 Å². The van der Waals surface area contributed by atoms with Gasteiger partial charge in [-0.05, 0) is 31.2 Å². The molecule has 4 nitrogen and oxygen atoms in total. The summed E-state index contributed by atoms with van der Waals surface area (Å²) >= 11 is 1.62. The lowest BCUT2D eigenvalue weighted by Gasteiger charge is -2.16. The predicted octanol–water partition coefficient (Wildman–Crippen LogP) is 4.27. The third kappa shape index (κ3) is 3.26. The van der Waals surface area contributed by atoms with E-state index in [0.717, 1.165) is 20.9 Å². The first kappa shape index (κ1) is 14.5. The van der Waals surface area contributed by atoms with Crippen molar-refractivity contribution in [3.05, 3.63) is 59.1 Å². The monoisotopic (exact) mass is 311 g/mol. The zero-order valence-corrected chi connectivity index (χ0v) is 13.4. The lowest BCUT2D eigenvalue weighted by molar-refractivity contribution is 0.220. The van der Waals surface area contributed by atoms with Gasteiger partial charge in [-0.15, -0.1) is 11.3 Å². The summed E-state index contributed by atoms with van der Waals surface area (Å²) in [4.78, 5) is 18.4. The molecule has 0 aliphatic heterocycles. The van der Waals surface area contributed by atoms with Crippen molar-refractivity contribution in [2.45, 2.75) is 13.5 Å². The third-order valence-corrected chi connectivity index (χ3v) is 4.38. The Morgan fingerprint density at radius 1 is 1.18 bits per heavy atom. The molecule has 1 heterocycles.